The van der Waals surface area contributed by atoms with Crippen LogP contribution in [0.2, 0.25) is 0 Å². The fourth-order valence-electron chi connectivity index (χ4n) is 2.42. The summed E-state index contributed by atoms with van der Waals surface area (Å²) in [7, 11) is 0. The number of carbonyl (C=O) groups excluding carboxylic acids is 1. The highest BCUT2D eigenvalue weighted by atomic mass is 79.9. The molecule has 0 spiro atoms. The number of fused-ring (bicyclic) bond motifs is 1. The van der Waals surface area contributed by atoms with Crippen molar-refractivity contribution < 1.29 is 9.53 Å². The number of hydrogen-bond donors (Lipinski definition) is 0. The zero-order valence-corrected chi connectivity index (χ0v) is 14.0. The molecule has 0 unspecified atom stereocenters. The number of rotatable bonds is 2. The molecule has 0 saturated carbocycles. The maximum atomic E-state index is 12.8. The van der Waals surface area contributed by atoms with Gasteiger partial charge in [0.2, 0.25) is 0 Å². The number of carbonyl (C=O) groups is 1. The van der Waals surface area contributed by atoms with Crippen LogP contribution in [0.3, 0.4) is 0 Å². The van der Waals surface area contributed by atoms with Gasteiger partial charge in [0.15, 0.2) is 5.78 Å². The van der Waals surface area contributed by atoms with Crippen LogP contribution < -0.4 is 4.74 Å². The number of ether oxygens (including phenoxy) is 1. The molecule has 20 heavy (non-hydrogen) atoms. The summed E-state index contributed by atoms with van der Waals surface area (Å²) in [6, 6.07) is 9.60. The van der Waals surface area contributed by atoms with Crippen LogP contribution in [-0.4, -0.2) is 12.4 Å². The van der Waals surface area contributed by atoms with Crippen molar-refractivity contribution in [3.05, 3.63) is 61.5 Å². The third kappa shape index (κ3) is 2.42. The molecule has 3 rings (SSSR count). The zero-order chi connectivity index (χ0) is 14.3. The Morgan fingerprint density at radius 1 is 1.10 bits per heavy atom. The maximum Gasteiger partial charge on any atom is 0.197 e. The second kappa shape index (κ2) is 5.34. The van der Waals surface area contributed by atoms with Crippen LogP contribution in [0.5, 0.6) is 5.75 Å². The van der Waals surface area contributed by atoms with E-state index in [9.17, 15) is 4.79 Å². The second-order valence-electron chi connectivity index (χ2n) is 4.83. The molecule has 0 N–H and O–H groups in total. The summed E-state index contributed by atoms with van der Waals surface area (Å²) in [4.78, 5) is 12.8. The predicted octanol–water partition coefficient (Wildman–Crippen LogP) is 4.69. The van der Waals surface area contributed by atoms with Gasteiger partial charge in [-0.1, -0.05) is 37.9 Å². The summed E-state index contributed by atoms with van der Waals surface area (Å²) in [5, 5.41) is 0. The molecule has 1 aliphatic rings. The van der Waals surface area contributed by atoms with Gasteiger partial charge in [-0.15, -0.1) is 0 Å². The molecule has 1 aliphatic heterocycles. The fraction of sp³-hybridized carbons (Fsp3) is 0.188. The van der Waals surface area contributed by atoms with Gasteiger partial charge in [0, 0.05) is 20.9 Å². The number of hydrogen-bond acceptors (Lipinski definition) is 2. The predicted molar refractivity (Wildman–Crippen MR) is 85.7 cm³/mol. The van der Waals surface area contributed by atoms with Crippen LogP contribution in [-0.2, 0) is 6.42 Å². The van der Waals surface area contributed by atoms with E-state index in [-0.39, 0.29) is 5.78 Å². The van der Waals surface area contributed by atoms with E-state index in [0.717, 1.165) is 32.2 Å². The molecule has 2 aromatic rings. The van der Waals surface area contributed by atoms with Crippen molar-refractivity contribution in [2.45, 2.75) is 13.3 Å². The summed E-state index contributed by atoms with van der Waals surface area (Å²) in [6.45, 7) is 2.59. The van der Waals surface area contributed by atoms with Gasteiger partial charge in [-0.05, 0) is 42.3 Å². The Hall–Kier alpha value is -1.13. The van der Waals surface area contributed by atoms with E-state index < -0.39 is 0 Å². The van der Waals surface area contributed by atoms with Crippen LogP contribution in [0.25, 0.3) is 0 Å². The Morgan fingerprint density at radius 2 is 1.85 bits per heavy atom. The van der Waals surface area contributed by atoms with E-state index in [0.29, 0.717) is 17.7 Å². The first-order valence-electron chi connectivity index (χ1n) is 6.32. The first-order chi connectivity index (χ1) is 9.56. The average Bonchev–Trinajstić information content (AvgIpc) is 2.87. The fourth-order valence-corrected chi connectivity index (χ4v) is 3.29. The van der Waals surface area contributed by atoms with Crippen molar-refractivity contribution in [1.82, 2.24) is 0 Å². The normalized spacial score (nSPS) is 12.9. The minimum Gasteiger partial charge on any atom is -0.492 e. The van der Waals surface area contributed by atoms with E-state index in [1.54, 1.807) is 0 Å². The van der Waals surface area contributed by atoms with Gasteiger partial charge in [-0.2, -0.15) is 0 Å². The zero-order valence-electron chi connectivity index (χ0n) is 10.9. The standard InChI is InChI=1S/C16H12Br2O2/c1-9-2-3-11(17)7-13(9)15(19)14-8-12(18)6-10-4-5-20-16(10)14/h2-3,6-8H,4-5H2,1H3. The van der Waals surface area contributed by atoms with Gasteiger partial charge in [-0.3, -0.25) is 4.79 Å². The van der Waals surface area contributed by atoms with Crippen molar-refractivity contribution in [2.75, 3.05) is 6.61 Å². The molecule has 0 fully saturated rings. The molecule has 0 amide bonds. The molecule has 0 aliphatic carbocycles. The third-order valence-electron chi connectivity index (χ3n) is 3.44. The van der Waals surface area contributed by atoms with Gasteiger partial charge in [0.05, 0.1) is 12.2 Å². The molecule has 2 nitrogen and oxygen atoms in total. The molecule has 102 valence electrons. The van der Waals surface area contributed by atoms with Crippen molar-refractivity contribution >= 4 is 37.6 Å². The summed E-state index contributed by atoms with van der Waals surface area (Å²) in [5.41, 5.74) is 3.39. The molecule has 0 saturated heterocycles. The van der Waals surface area contributed by atoms with Gasteiger partial charge in [0.25, 0.3) is 0 Å². The van der Waals surface area contributed by atoms with Crippen molar-refractivity contribution in [1.29, 1.82) is 0 Å². The summed E-state index contributed by atoms with van der Waals surface area (Å²) >= 11 is 6.89. The van der Waals surface area contributed by atoms with Crippen molar-refractivity contribution in [3.8, 4) is 5.75 Å². The minimum absolute atomic E-state index is 0.00301. The van der Waals surface area contributed by atoms with Crippen molar-refractivity contribution in [2.24, 2.45) is 0 Å². The second-order valence-corrected chi connectivity index (χ2v) is 6.66. The largest absolute Gasteiger partial charge is 0.492 e. The van der Waals surface area contributed by atoms with E-state index in [1.165, 1.54) is 0 Å². The lowest BCUT2D eigenvalue weighted by molar-refractivity contribution is 0.103. The van der Waals surface area contributed by atoms with E-state index in [4.69, 9.17) is 4.74 Å². The summed E-state index contributed by atoms with van der Waals surface area (Å²) in [5.74, 6) is 0.737. The number of benzene rings is 2. The van der Waals surface area contributed by atoms with Crippen LogP contribution in [0, 0.1) is 6.92 Å². The topological polar surface area (TPSA) is 26.3 Å². The number of ketones is 1. The van der Waals surface area contributed by atoms with E-state index in [2.05, 4.69) is 31.9 Å². The first-order valence-corrected chi connectivity index (χ1v) is 7.91. The highest BCUT2D eigenvalue weighted by Gasteiger charge is 2.23. The summed E-state index contributed by atoms with van der Waals surface area (Å²) < 4.78 is 7.46. The van der Waals surface area contributed by atoms with E-state index >= 15 is 0 Å². The molecular formula is C16H12Br2O2. The maximum absolute atomic E-state index is 12.8. The van der Waals surface area contributed by atoms with Crippen molar-refractivity contribution in [3.63, 3.8) is 0 Å². The Morgan fingerprint density at radius 3 is 2.65 bits per heavy atom. The highest BCUT2D eigenvalue weighted by molar-refractivity contribution is 9.10. The van der Waals surface area contributed by atoms with Crippen LogP contribution in [0.15, 0.2) is 39.3 Å². The Labute approximate surface area is 134 Å². The molecule has 0 bridgehead atoms. The quantitative estimate of drug-likeness (QED) is 0.689. The first kappa shape index (κ1) is 13.8. The van der Waals surface area contributed by atoms with Gasteiger partial charge in [0.1, 0.15) is 5.75 Å². The third-order valence-corrected chi connectivity index (χ3v) is 4.39. The lowest BCUT2D eigenvalue weighted by Gasteiger charge is -2.10. The molecular weight excluding hydrogens is 384 g/mol. The Balaban J connectivity index is 2.14. The molecule has 4 heteroatoms. The van der Waals surface area contributed by atoms with Gasteiger partial charge >= 0.3 is 0 Å². The summed E-state index contributed by atoms with van der Waals surface area (Å²) in [6.07, 6.45) is 0.854. The molecule has 0 atom stereocenters. The van der Waals surface area contributed by atoms with E-state index in [1.807, 2.05) is 37.3 Å². The average molecular weight is 396 g/mol. The lowest BCUT2D eigenvalue weighted by Crippen LogP contribution is -2.06. The number of aryl methyl sites for hydroxylation is 1. The van der Waals surface area contributed by atoms with Crippen LogP contribution in [0.4, 0.5) is 0 Å². The Kier molecular flexibility index (Phi) is 3.69. The lowest BCUT2D eigenvalue weighted by atomic mass is 9.97. The van der Waals surface area contributed by atoms with Gasteiger partial charge in [-0.25, -0.2) is 0 Å². The SMILES string of the molecule is Cc1ccc(Br)cc1C(=O)c1cc(Br)cc2c1OCC2. The monoisotopic (exact) mass is 394 g/mol. The molecule has 1 heterocycles. The molecule has 0 aromatic heterocycles. The highest BCUT2D eigenvalue weighted by Crippen LogP contribution is 2.35. The van der Waals surface area contributed by atoms with Crippen LogP contribution in [0.1, 0.15) is 27.0 Å². The Bertz CT molecular complexity index is 708. The molecule has 2 aromatic carbocycles. The van der Waals surface area contributed by atoms with Gasteiger partial charge < -0.3 is 4.74 Å². The number of halogens is 2. The van der Waals surface area contributed by atoms with Crippen LogP contribution >= 0.6 is 31.9 Å². The minimum atomic E-state index is 0.00301. The molecule has 0 radical (unpaired) electrons. The smallest absolute Gasteiger partial charge is 0.197 e.